The number of carbonyl (C=O) groups excluding carboxylic acids is 1. The number of hydrogen-bond acceptors (Lipinski definition) is 7. The van der Waals surface area contributed by atoms with Crippen molar-refractivity contribution in [3.8, 4) is 5.75 Å². The molecule has 2 heterocycles. The SMILES string of the molecule is C=CCSc1nnc(NC(=O)c2cccc(OC[C@H]3CCCO3)c2)s1. The van der Waals surface area contributed by atoms with Gasteiger partial charge in [-0.1, -0.05) is 35.2 Å². The van der Waals surface area contributed by atoms with Crippen molar-refractivity contribution in [1.29, 1.82) is 0 Å². The van der Waals surface area contributed by atoms with E-state index >= 15 is 0 Å². The molecule has 25 heavy (non-hydrogen) atoms. The van der Waals surface area contributed by atoms with Crippen LogP contribution in [0, 0.1) is 0 Å². The van der Waals surface area contributed by atoms with Gasteiger partial charge in [0.05, 0.1) is 6.10 Å². The number of thioether (sulfide) groups is 1. The van der Waals surface area contributed by atoms with E-state index in [0.29, 0.717) is 23.1 Å². The van der Waals surface area contributed by atoms with Gasteiger partial charge < -0.3 is 9.47 Å². The molecule has 1 aliphatic rings. The van der Waals surface area contributed by atoms with E-state index in [2.05, 4.69) is 22.1 Å². The molecule has 0 saturated carbocycles. The van der Waals surface area contributed by atoms with Crippen molar-refractivity contribution < 1.29 is 14.3 Å². The number of nitrogens with zero attached hydrogens (tertiary/aromatic N) is 2. The number of hydrogen-bond donors (Lipinski definition) is 1. The summed E-state index contributed by atoms with van der Waals surface area (Å²) in [5.41, 5.74) is 0.514. The molecule has 2 aromatic rings. The standard InChI is InChI=1S/C17H19N3O3S2/c1-2-9-24-17-20-19-16(25-17)18-15(21)12-5-3-6-13(10-12)23-11-14-7-4-8-22-14/h2-3,5-6,10,14H,1,4,7-9,11H2,(H,18,19,21)/t14-/m1/s1. The van der Waals surface area contributed by atoms with Crippen LogP contribution in [-0.2, 0) is 4.74 Å². The Morgan fingerprint density at radius 2 is 2.44 bits per heavy atom. The third kappa shape index (κ3) is 5.29. The normalized spacial score (nSPS) is 16.6. The van der Waals surface area contributed by atoms with Crippen molar-refractivity contribution in [1.82, 2.24) is 10.2 Å². The van der Waals surface area contributed by atoms with Crippen LogP contribution in [0.5, 0.6) is 5.75 Å². The summed E-state index contributed by atoms with van der Waals surface area (Å²) >= 11 is 2.87. The number of anilines is 1. The number of ether oxygens (including phenoxy) is 2. The van der Waals surface area contributed by atoms with Crippen LogP contribution in [-0.4, -0.2) is 41.2 Å². The summed E-state index contributed by atoms with van der Waals surface area (Å²) in [6.45, 7) is 4.97. The lowest BCUT2D eigenvalue weighted by molar-refractivity contribution is 0.0679. The van der Waals surface area contributed by atoms with Crippen LogP contribution < -0.4 is 10.1 Å². The highest BCUT2D eigenvalue weighted by molar-refractivity contribution is 8.01. The molecular weight excluding hydrogens is 358 g/mol. The topological polar surface area (TPSA) is 73.3 Å². The minimum Gasteiger partial charge on any atom is -0.491 e. The fourth-order valence-electron chi connectivity index (χ4n) is 2.31. The third-order valence-corrected chi connectivity index (χ3v) is 5.48. The molecular formula is C17H19N3O3S2. The van der Waals surface area contributed by atoms with Crippen LogP contribution in [0.4, 0.5) is 5.13 Å². The van der Waals surface area contributed by atoms with Gasteiger partial charge in [0, 0.05) is 17.9 Å². The van der Waals surface area contributed by atoms with E-state index in [9.17, 15) is 4.79 Å². The molecule has 8 heteroatoms. The Morgan fingerprint density at radius 1 is 1.52 bits per heavy atom. The fraction of sp³-hybridized carbons (Fsp3) is 0.353. The molecule has 132 valence electrons. The predicted octanol–water partition coefficient (Wildman–Crippen LogP) is 3.63. The average Bonchev–Trinajstić information content (AvgIpc) is 3.30. The summed E-state index contributed by atoms with van der Waals surface area (Å²) in [5.74, 6) is 1.17. The lowest BCUT2D eigenvalue weighted by Gasteiger charge is -2.12. The van der Waals surface area contributed by atoms with Crippen molar-refractivity contribution in [2.75, 3.05) is 24.3 Å². The lowest BCUT2D eigenvalue weighted by atomic mass is 10.2. The molecule has 1 aromatic heterocycles. The van der Waals surface area contributed by atoms with Crippen molar-refractivity contribution in [3.63, 3.8) is 0 Å². The number of nitrogens with one attached hydrogen (secondary N) is 1. The monoisotopic (exact) mass is 377 g/mol. The van der Waals surface area contributed by atoms with Crippen molar-refractivity contribution >= 4 is 34.1 Å². The van der Waals surface area contributed by atoms with Gasteiger partial charge in [0.15, 0.2) is 4.34 Å². The number of carbonyl (C=O) groups is 1. The Kier molecular flexibility index (Phi) is 6.43. The maximum atomic E-state index is 12.4. The van der Waals surface area contributed by atoms with E-state index in [-0.39, 0.29) is 12.0 Å². The number of benzene rings is 1. The van der Waals surface area contributed by atoms with Gasteiger partial charge in [0.25, 0.3) is 5.91 Å². The minimum absolute atomic E-state index is 0.144. The Labute approximate surface area is 154 Å². The summed E-state index contributed by atoms with van der Waals surface area (Å²) in [5, 5.41) is 11.2. The van der Waals surface area contributed by atoms with E-state index in [4.69, 9.17) is 9.47 Å². The third-order valence-electron chi connectivity index (χ3n) is 3.51. The second-order valence-electron chi connectivity index (χ2n) is 5.40. The largest absolute Gasteiger partial charge is 0.491 e. The maximum Gasteiger partial charge on any atom is 0.257 e. The quantitative estimate of drug-likeness (QED) is 0.430. The molecule has 1 amide bonds. The molecule has 1 N–H and O–H groups in total. The zero-order valence-electron chi connectivity index (χ0n) is 13.6. The molecule has 1 aromatic carbocycles. The van der Waals surface area contributed by atoms with Gasteiger partial charge in [-0.05, 0) is 31.0 Å². The molecule has 6 nitrogen and oxygen atoms in total. The van der Waals surface area contributed by atoms with Gasteiger partial charge in [0.1, 0.15) is 12.4 Å². The minimum atomic E-state index is -0.237. The van der Waals surface area contributed by atoms with Crippen LogP contribution in [0.1, 0.15) is 23.2 Å². The average molecular weight is 377 g/mol. The Bertz CT molecular complexity index is 729. The van der Waals surface area contributed by atoms with E-state index in [1.54, 1.807) is 24.3 Å². The van der Waals surface area contributed by atoms with Crippen LogP contribution >= 0.6 is 23.1 Å². The summed E-state index contributed by atoms with van der Waals surface area (Å²) < 4.78 is 12.1. The summed E-state index contributed by atoms with van der Waals surface area (Å²) in [7, 11) is 0. The number of amides is 1. The van der Waals surface area contributed by atoms with Gasteiger partial charge in [0.2, 0.25) is 5.13 Å². The molecule has 1 saturated heterocycles. The molecule has 1 fully saturated rings. The zero-order valence-corrected chi connectivity index (χ0v) is 15.3. The second kappa shape index (κ2) is 8.98. The first kappa shape index (κ1) is 17.9. The summed E-state index contributed by atoms with van der Waals surface area (Å²) in [6.07, 6.45) is 4.03. The summed E-state index contributed by atoms with van der Waals surface area (Å²) in [6, 6.07) is 7.09. The molecule has 3 rings (SSSR count). The summed E-state index contributed by atoms with van der Waals surface area (Å²) in [4.78, 5) is 12.4. The van der Waals surface area contributed by atoms with Crippen molar-refractivity contribution in [2.45, 2.75) is 23.3 Å². The zero-order chi connectivity index (χ0) is 17.5. The van der Waals surface area contributed by atoms with Crippen LogP contribution in [0.15, 0.2) is 41.3 Å². The fourth-order valence-corrected chi connectivity index (χ4v) is 3.82. The van der Waals surface area contributed by atoms with E-state index in [1.807, 2.05) is 6.07 Å². The molecule has 0 unspecified atom stereocenters. The number of aromatic nitrogens is 2. The van der Waals surface area contributed by atoms with Crippen molar-refractivity contribution in [2.24, 2.45) is 0 Å². The van der Waals surface area contributed by atoms with Gasteiger partial charge in [-0.15, -0.1) is 16.8 Å². The van der Waals surface area contributed by atoms with Crippen molar-refractivity contribution in [3.05, 3.63) is 42.5 Å². The Morgan fingerprint density at radius 3 is 3.24 bits per heavy atom. The molecule has 0 aliphatic carbocycles. The first-order chi connectivity index (χ1) is 12.2. The smallest absolute Gasteiger partial charge is 0.257 e. The van der Waals surface area contributed by atoms with Crippen LogP contribution in [0.2, 0.25) is 0 Å². The van der Waals surface area contributed by atoms with Gasteiger partial charge in [-0.3, -0.25) is 10.1 Å². The Hall–Kier alpha value is -1.90. The highest BCUT2D eigenvalue weighted by atomic mass is 32.2. The molecule has 0 spiro atoms. The van der Waals surface area contributed by atoms with Gasteiger partial charge in [-0.25, -0.2) is 0 Å². The first-order valence-electron chi connectivity index (χ1n) is 7.97. The van der Waals surface area contributed by atoms with Crippen LogP contribution in [0.3, 0.4) is 0 Å². The predicted molar refractivity (Wildman–Crippen MR) is 99.7 cm³/mol. The van der Waals surface area contributed by atoms with Gasteiger partial charge >= 0.3 is 0 Å². The first-order valence-corrected chi connectivity index (χ1v) is 9.78. The highest BCUT2D eigenvalue weighted by Crippen LogP contribution is 2.26. The van der Waals surface area contributed by atoms with Gasteiger partial charge in [-0.2, -0.15) is 0 Å². The van der Waals surface area contributed by atoms with E-state index < -0.39 is 0 Å². The highest BCUT2D eigenvalue weighted by Gasteiger charge is 2.16. The number of rotatable bonds is 8. The van der Waals surface area contributed by atoms with Crippen LogP contribution in [0.25, 0.3) is 0 Å². The molecule has 1 atom stereocenters. The molecule has 0 bridgehead atoms. The lowest BCUT2D eigenvalue weighted by Crippen LogP contribution is -2.17. The van der Waals surface area contributed by atoms with E-state index in [0.717, 1.165) is 29.5 Å². The maximum absolute atomic E-state index is 12.4. The Balaban J connectivity index is 1.56. The molecule has 1 aliphatic heterocycles. The second-order valence-corrected chi connectivity index (χ2v) is 7.65. The van der Waals surface area contributed by atoms with E-state index in [1.165, 1.54) is 23.1 Å². The molecule has 0 radical (unpaired) electrons.